The van der Waals surface area contributed by atoms with Crippen LogP contribution < -0.4 is 0 Å². The maximum atomic E-state index is 4.43. The van der Waals surface area contributed by atoms with E-state index in [0.717, 1.165) is 12.2 Å². The van der Waals surface area contributed by atoms with Gasteiger partial charge >= 0.3 is 0 Å². The van der Waals surface area contributed by atoms with Gasteiger partial charge in [-0.25, -0.2) is 0 Å². The van der Waals surface area contributed by atoms with Crippen molar-refractivity contribution in [2.45, 2.75) is 20.4 Å². The van der Waals surface area contributed by atoms with Crippen molar-refractivity contribution >= 4 is 17.5 Å². The van der Waals surface area contributed by atoms with Crippen LogP contribution in [0.4, 0.5) is 0 Å². The van der Waals surface area contributed by atoms with Crippen molar-refractivity contribution in [3.05, 3.63) is 113 Å². The van der Waals surface area contributed by atoms with Crippen LogP contribution in [0, 0.1) is 13.8 Å². The highest BCUT2D eigenvalue weighted by Gasteiger charge is 2.23. The quantitative estimate of drug-likeness (QED) is 0.543. The van der Waals surface area contributed by atoms with Gasteiger partial charge in [-0.15, -0.1) is 0 Å². The fourth-order valence-corrected chi connectivity index (χ4v) is 3.50. The Balaban J connectivity index is 1.81. The maximum Gasteiger partial charge on any atom is 0.0493 e. The third kappa shape index (κ3) is 3.09. The monoisotopic (exact) mass is 337 g/mol. The lowest BCUT2D eigenvalue weighted by Gasteiger charge is -2.34. The van der Waals surface area contributed by atoms with Crippen LogP contribution in [-0.4, -0.2) is 4.90 Å². The number of benzene rings is 3. The zero-order valence-electron chi connectivity index (χ0n) is 15.4. The zero-order valence-corrected chi connectivity index (χ0v) is 15.4. The molecule has 0 spiro atoms. The topological polar surface area (TPSA) is 3.24 Å². The van der Waals surface area contributed by atoms with Crippen molar-refractivity contribution in [1.29, 1.82) is 0 Å². The Morgan fingerprint density at radius 1 is 0.808 bits per heavy atom. The number of hydrogen-bond acceptors (Lipinski definition) is 1. The van der Waals surface area contributed by atoms with Crippen LogP contribution in [0.3, 0.4) is 0 Å². The van der Waals surface area contributed by atoms with E-state index in [0.29, 0.717) is 0 Å². The second-order valence-electron chi connectivity index (χ2n) is 7.00. The molecule has 0 saturated heterocycles. The van der Waals surface area contributed by atoms with Gasteiger partial charge in [-0.3, -0.25) is 0 Å². The third-order valence-electron chi connectivity index (χ3n) is 4.96. The highest BCUT2D eigenvalue weighted by atomic mass is 15.2. The summed E-state index contributed by atoms with van der Waals surface area (Å²) >= 11 is 0. The molecule has 0 aliphatic carbocycles. The van der Waals surface area contributed by atoms with E-state index in [4.69, 9.17) is 0 Å². The molecule has 1 heterocycles. The van der Waals surface area contributed by atoms with Crippen molar-refractivity contribution in [1.82, 2.24) is 4.90 Å². The highest BCUT2D eigenvalue weighted by Crippen LogP contribution is 2.38. The number of rotatable bonds is 3. The standard InChI is InChI=1S/C25H23N/c1-18-11-13-21(14-12-18)17-26-20(3)24-10-5-4-8-22(24)16-25(26)23-9-6-7-19(2)15-23/h4-16H,3,17H2,1-2H3. The Morgan fingerprint density at radius 2 is 1.58 bits per heavy atom. The summed E-state index contributed by atoms with van der Waals surface area (Å²) in [4.78, 5) is 2.34. The van der Waals surface area contributed by atoms with E-state index < -0.39 is 0 Å². The number of fused-ring (bicyclic) bond motifs is 1. The summed E-state index contributed by atoms with van der Waals surface area (Å²) in [5.41, 5.74) is 9.76. The second-order valence-corrected chi connectivity index (χ2v) is 7.00. The lowest BCUT2D eigenvalue weighted by molar-refractivity contribution is 0.551. The van der Waals surface area contributed by atoms with Gasteiger partial charge in [0, 0.05) is 23.5 Å². The van der Waals surface area contributed by atoms with Crippen molar-refractivity contribution in [3.63, 3.8) is 0 Å². The fraction of sp³-hybridized carbons (Fsp3) is 0.120. The van der Waals surface area contributed by atoms with Gasteiger partial charge in [-0.1, -0.05) is 84.4 Å². The molecule has 1 nitrogen and oxygen atoms in total. The summed E-state index contributed by atoms with van der Waals surface area (Å²) in [7, 11) is 0. The minimum Gasteiger partial charge on any atom is -0.336 e. The smallest absolute Gasteiger partial charge is 0.0493 e. The number of nitrogens with zero attached hydrogens (tertiary/aromatic N) is 1. The molecule has 1 heteroatoms. The first kappa shape index (κ1) is 16.4. The molecule has 0 radical (unpaired) electrons. The predicted octanol–water partition coefficient (Wildman–Crippen LogP) is 6.29. The summed E-state index contributed by atoms with van der Waals surface area (Å²) in [5.74, 6) is 0. The van der Waals surface area contributed by atoms with Crippen LogP contribution in [0.1, 0.15) is 33.4 Å². The van der Waals surface area contributed by atoms with Crippen molar-refractivity contribution in [2.75, 3.05) is 0 Å². The van der Waals surface area contributed by atoms with Gasteiger partial charge in [-0.05, 0) is 42.7 Å². The molecule has 0 N–H and O–H groups in total. The Bertz CT molecular complexity index is 993. The van der Waals surface area contributed by atoms with E-state index >= 15 is 0 Å². The van der Waals surface area contributed by atoms with Crippen LogP contribution in [-0.2, 0) is 6.54 Å². The van der Waals surface area contributed by atoms with E-state index in [-0.39, 0.29) is 0 Å². The molecule has 0 fully saturated rings. The Labute approximate surface area is 155 Å². The van der Waals surface area contributed by atoms with Gasteiger partial charge < -0.3 is 4.90 Å². The highest BCUT2D eigenvalue weighted by molar-refractivity contribution is 5.93. The Hall–Kier alpha value is -3.06. The number of aryl methyl sites for hydroxylation is 2. The molecule has 0 unspecified atom stereocenters. The lowest BCUT2D eigenvalue weighted by atomic mass is 9.94. The summed E-state index contributed by atoms with van der Waals surface area (Å²) < 4.78 is 0. The predicted molar refractivity (Wildman–Crippen MR) is 111 cm³/mol. The molecule has 3 aromatic carbocycles. The third-order valence-corrected chi connectivity index (χ3v) is 4.96. The molecule has 0 bridgehead atoms. The molecule has 4 rings (SSSR count). The molecule has 1 aliphatic rings. The Morgan fingerprint density at radius 3 is 2.35 bits per heavy atom. The van der Waals surface area contributed by atoms with E-state index in [9.17, 15) is 0 Å². The SMILES string of the molecule is C=C1c2ccccc2C=C(c2cccc(C)c2)N1Cc1ccc(C)cc1. The van der Waals surface area contributed by atoms with Gasteiger partial charge in [0.25, 0.3) is 0 Å². The van der Waals surface area contributed by atoms with E-state index in [1.807, 2.05) is 0 Å². The number of hydrogen-bond donors (Lipinski definition) is 0. The van der Waals surface area contributed by atoms with Crippen molar-refractivity contribution in [3.8, 4) is 0 Å². The Kier molecular flexibility index (Phi) is 4.22. The molecule has 0 amide bonds. The van der Waals surface area contributed by atoms with Crippen LogP contribution in [0.15, 0.2) is 79.4 Å². The van der Waals surface area contributed by atoms with Gasteiger partial charge in [-0.2, -0.15) is 0 Å². The maximum absolute atomic E-state index is 4.43. The molecular formula is C25H23N. The summed E-state index contributed by atoms with van der Waals surface area (Å²) in [6.07, 6.45) is 2.28. The van der Waals surface area contributed by atoms with Gasteiger partial charge in [0.2, 0.25) is 0 Å². The average Bonchev–Trinajstić information content (AvgIpc) is 2.65. The molecule has 3 aromatic rings. The molecule has 26 heavy (non-hydrogen) atoms. The molecule has 0 atom stereocenters. The van der Waals surface area contributed by atoms with Crippen LogP contribution in [0.2, 0.25) is 0 Å². The first-order valence-corrected chi connectivity index (χ1v) is 9.02. The lowest BCUT2D eigenvalue weighted by Crippen LogP contribution is -2.23. The largest absolute Gasteiger partial charge is 0.336 e. The first-order chi connectivity index (χ1) is 12.6. The van der Waals surface area contributed by atoms with Crippen LogP contribution in [0.25, 0.3) is 17.5 Å². The van der Waals surface area contributed by atoms with Gasteiger partial charge in [0.05, 0.1) is 0 Å². The molecule has 0 saturated carbocycles. The van der Waals surface area contributed by atoms with Crippen molar-refractivity contribution < 1.29 is 0 Å². The minimum atomic E-state index is 0.813. The van der Waals surface area contributed by atoms with Gasteiger partial charge in [0.15, 0.2) is 0 Å². The van der Waals surface area contributed by atoms with E-state index in [2.05, 4.69) is 104 Å². The average molecular weight is 337 g/mol. The fourth-order valence-electron chi connectivity index (χ4n) is 3.50. The summed E-state index contributed by atoms with van der Waals surface area (Å²) in [6, 6.07) is 25.9. The van der Waals surface area contributed by atoms with Crippen LogP contribution >= 0.6 is 0 Å². The summed E-state index contributed by atoms with van der Waals surface area (Å²) in [5, 5.41) is 0. The van der Waals surface area contributed by atoms with E-state index in [1.54, 1.807) is 0 Å². The zero-order chi connectivity index (χ0) is 18.1. The minimum absolute atomic E-state index is 0.813. The first-order valence-electron chi connectivity index (χ1n) is 9.02. The van der Waals surface area contributed by atoms with Gasteiger partial charge in [0.1, 0.15) is 0 Å². The van der Waals surface area contributed by atoms with Crippen molar-refractivity contribution in [2.24, 2.45) is 0 Å². The summed E-state index contributed by atoms with van der Waals surface area (Å²) in [6.45, 7) is 9.51. The van der Waals surface area contributed by atoms with Crippen LogP contribution in [0.5, 0.6) is 0 Å². The van der Waals surface area contributed by atoms with E-state index in [1.165, 1.54) is 39.1 Å². The molecule has 0 aromatic heterocycles. The second kappa shape index (κ2) is 6.68. The molecule has 1 aliphatic heterocycles. The normalized spacial score (nSPS) is 13.4. The molecular weight excluding hydrogens is 314 g/mol. The molecule has 128 valence electrons.